The smallest absolute Gasteiger partial charge is 0.248 e. The summed E-state index contributed by atoms with van der Waals surface area (Å²) >= 11 is 9.20. The molecule has 1 heterocycles. The fourth-order valence-electron chi connectivity index (χ4n) is 1.45. The van der Waals surface area contributed by atoms with Crippen molar-refractivity contribution in [2.45, 2.75) is 13.0 Å². The molecule has 0 bridgehead atoms. The van der Waals surface area contributed by atoms with Gasteiger partial charge in [-0.25, -0.2) is 0 Å². The minimum absolute atomic E-state index is 0.132. The Morgan fingerprint density at radius 2 is 2.33 bits per heavy atom. The fourth-order valence-corrected chi connectivity index (χ4v) is 1.95. The van der Waals surface area contributed by atoms with Crippen LogP contribution in [-0.4, -0.2) is 15.7 Å². The molecule has 2 rings (SSSR count). The van der Waals surface area contributed by atoms with E-state index in [2.05, 4.69) is 26.3 Å². The zero-order valence-corrected chi connectivity index (χ0v) is 11.9. The van der Waals surface area contributed by atoms with Gasteiger partial charge in [0, 0.05) is 22.6 Å². The summed E-state index contributed by atoms with van der Waals surface area (Å²) in [5, 5.41) is 7.45. The van der Waals surface area contributed by atoms with Gasteiger partial charge in [-0.1, -0.05) is 11.6 Å². The van der Waals surface area contributed by atoms with Gasteiger partial charge in [-0.3, -0.25) is 9.48 Å². The Morgan fingerprint density at radius 3 is 2.94 bits per heavy atom. The molecule has 1 unspecified atom stereocenters. The number of benzene rings is 1. The summed E-state index contributed by atoms with van der Waals surface area (Å²) in [6.07, 6.45) is 3.39. The van der Waals surface area contributed by atoms with E-state index in [1.807, 2.05) is 0 Å². The molecule has 0 fully saturated rings. The van der Waals surface area contributed by atoms with Gasteiger partial charge >= 0.3 is 0 Å². The van der Waals surface area contributed by atoms with Crippen LogP contribution in [0.5, 0.6) is 0 Å². The van der Waals surface area contributed by atoms with Crippen LogP contribution < -0.4 is 5.32 Å². The molecule has 1 amide bonds. The van der Waals surface area contributed by atoms with Crippen molar-refractivity contribution in [1.29, 1.82) is 0 Å². The second kappa shape index (κ2) is 5.54. The molecule has 18 heavy (non-hydrogen) atoms. The van der Waals surface area contributed by atoms with Gasteiger partial charge in [-0.15, -0.1) is 0 Å². The molecule has 1 N–H and O–H groups in total. The molecule has 2 aromatic rings. The van der Waals surface area contributed by atoms with Crippen molar-refractivity contribution in [3.8, 4) is 0 Å². The first-order chi connectivity index (χ1) is 8.58. The number of rotatable bonds is 3. The van der Waals surface area contributed by atoms with E-state index in [1.165, 1.54) is 0 Å². The number of aromatic nitrogens is 2. The van der Waals surface area contributed by atoms with Crippen molar-refractivity contribution in [3.63, 3.8) is 0 Å². The van der Waals surface area contributed by atoms with Crippen LogP contribution in [0, 0.1) is 0 Å². The molecule has 0 aliphatic carbocycles. The van der Waals surface area contributed by atoms with Crippen LogP contribution in [0.2, 0.25) is 5.02 Å². The highest BCUT2D eigenvalue weighted by Gasteiger charge is 2.15. The number of halogens is 2. The highest BCUT2D eigenvalue weighted by atomic mass is 79.9. The molecular formula is C12H11BrClN3O. The third-order valence-electron chi connectivity index (χ3n) is 2.49. The summed E-state index contributed by atoms with van der Waals surface area (Å²) < 4.78 is 2.34. The van der Waals surface area contributed by atoms with Gasteiger partial charge in [0.15, 0.2) is 0 Å². The minimum Gasteiger partial charge on any atom is -0.324 e. The number of anilines is 1. The number of hydrogen-bond acceptors (Lipinski definition) is 2. The Hall–Kier alpha value is -1.33. The summed E-state index contributed by atoms with van der Waals surface area (Å²) in [5.74, 6) is -0.132. The van der Waals surface area contributed by atoms with Gasteiger partial charge in [-0.2, -0.15) is 5.10 Å². The second-order valence-electron chi connectivity index (χ2n) is 3.78. The minimum atomic E-state index is -0.366. The Morgan fingerprint density at radius 1 is 1.56 bits per heavy atom. The highest BCUT2D eigenvalue weighted by Crippen LogP contribution is 2.25. The Balaban J connectivity index is 2.09. The maximum absolute atomic E-state index is 12.0. The van der Waals surface area contributed by atoms with Crippen LogP contribution in [0.3, 0.4) is 0 Å². The van der Waals surface area contributed by atoms with Gasteiger partial charge < -0.3 is 5.32 Å². The van der Waals surface area contributed by atoms with Crippen molar-refractivity contribution in [1.82, 2.24) is 9.78 Å². The molecule has 4 nitrogen and oxygen atoms in total. The van der Waals surface area contributed by atoms with E-state index in [0.717, 1.165) is 4.47 Å². The summed E-state index contributed by atoms with van der Waals surface area (Å²) in [4.78, 5) is 12.0. The molecule has 0 aliphatic rings. The quantitative estimate of drug-likeness (QED) is 0.937. The molecule has 1 aromatic heterocycles. The molecule has 0 radical (unpaired) electrons. The van der Waals surface area contributed by atoms with E-state index < -0.39 is 0 Å². The monoisotopic (exact) mass is 327 g/mol. The van der Waals surface area contributed by atoms with E-state index in [1.54, 1.807) is 48.3 Å². The first-order valence-electron chi connectivity index (χ1n) is 5.33. The topological polar surface area (TPSA) is 46.9 Å². The maximum atomic E-state index is 12.0. The normalized spacial score (nSPS) is 12.2. The summed E-state index contributed by atoms with van der Waals surface area (Å²) in [6, 6.07) is 6.65. The van der Waals surface area contributed by atoms with E-state index in [0.29, 0.717) is 10.7 Å². The zero-order valence-electron chi connectivity index (χ0n) is 9.60. The molecule has 0 aliphatic heterocycles. The first-order valence-corrected chi connectivity index (χ1v) is 6.50. The van der Waals surface area contributed by atoms with Crippen molar-refractivity contribution in [2.75, 3.05) is 5.32 Å². The standard InChI is InChI=1S/C12H11BrClN3O/c1-8(17-6-2-5-15-17)12(18)16-9-3-4-11(14)10(13)7-9/h2-8H,1H3,(H,16,18). The largest absolute Gasteiger partial charge is 0.324 e. The molecule has 94 valence electrons. The van der Waals surface area contributed by atoms with Crippen molar-refractivity contribution < 1.29 is 4.79 Å². The molecular weight excluding hydrogens is 318 g/mol. The Kier molecular flexibility index (Phi) is 4.04. The van der Waals surface area contributed by atoms with Gasteiger partial charge in [0.05, 0.1) is 5.02 Å². The van der Waals surface area contributed by atoms with Crippen LogP contribution in [0.25, 0.3) is 0 Å². The molecule has 1 atom stereocenters. The molecule has 1 aromatic carbocycles. The SMILES string of the molecule is CC(C(=O)Nc1ccc(Cl)c(Br)c1)n1cccn1. The Labute approximate surface area is 118 Å². The zero-order chi connectivity index (χ0) is 13.1. The number of amides is 1. The van der Waals surface area contributed by atoms with Crippen LogP contribution in [-0.2, 0) is 4.79 Å². The van der Waals surface area contributed by atoms with Crippen molar-refractivity contribution in [2.24, 2.45) is 0 Å². The lowest BCUT2D eigenvalue weighted by Crippen LogP contribution is -2.23. The van der Waals surface area contributed by atoms with Crippen LogP contribution in [0.4, 0.5) is 5.69 Å². The molecule has 0 spiro atoms. The van der Waals surface area contributed by atoms with E-state index in [9.17, 15) is 4.79 Å². The molecule has 0 saturated carbocycles. The van der Waals surface area contributed by atoms with Gasteiger partial charge in [0.1, 0.15) is 6.04 Å². The molecule has 6 heteroatoms. The number of hydrogen-bond donors (Lipinski definition) is 1. The fraction of sp³-hybridized carbons (Fsp3) is 0.167. The predicted molar refractivity (Wildman–Crippen MR) is 74.7 cm³/mol. The lowest BCUT2D eigenvalue weighted by molar-refractivity contribution is -0.119. The average molecular weight is 329 g/mol. The lowest BCUT2D eigenvalue weighted by Gasteiger charge is -2.13. The van der Waals surface area contributed by atoms with E-state index >= 15 is 0 Å². The maximum Gasteiger partial charge on any atom is 0.248 e. The number of nitrogens with one attached hydrogen (secondary N) is 1. The predicted octanol–water partition coefficient (Wildman–Crippen LogP) is 3.50. The van der Waals surface area contributed by atoms with Crippen LogP contribution in [0.15, 0.2) is 41.1 Å². The van der Waals surface area contributed by atoms with E-state index in [4.69, 9.17) is 11.6 Å². The first kappa shape index (κ1) is 13.1. The Bertz CT molecular complexity index is 556. The number of carbonyl (C=O) groups is 1. The number of carbonyl (C=O) groups excluding carboxylic acids is 1. The number of nitrogens with zero attached hydrogens (tertiary/aromatic N) is 2. The average Bonchev–Trinajstić information content (AvgIpc) is 2.86. The third-order valence-corrected chi connectivity index (χ3v) is 3.70. The lowest BCUT2D eigenvalue weighted by atomic mass is 10.2. The van der Waals surface area contributed by atoms with Gasteiger partial charge in [-0.05, 0) is 47.1 Å². The third kappa shape index (κ3) is 2.91. The second-order valence-corrected chi connectivity index (χ2v) is 5.04. The van der Waals surface area contributed by atoms with Gasteiger partial charge in [0.25, 0.3) is 0 Å². The van der Waals surface area contributed by atoms with Crippen molar-refractivity contribution >= 4 is 39.1 Å². The summed E-state index contributed by atoms with van der Waals surface area (Å²) in [5.41, 5.74) is 0.690. The summed E-state index contributed by atoms with van der Waals surface area (Å²) in [6.45, 7) is 1.79. The highest BCUT2D eigenvalue weighted by molar-refractivity contribution is 9.10. The van der Waals surface area contributed by atoms with Crippen LogP contribution >= 0.6 is 27.5 Å². The van der Waals surface area contributed by atoms with E-state index in [-0.39, 0.29) is 11.9 Å². The van der Waals surface area contributed by atoms with Crippen LogP contribution in [0.1, 0.15) is 13.0 Å². The van der Waals surface area contributed by atoms with Gasteiger partial charge in [0.2, 0.25) is 5.91 Å². The molecule has 0 saturated heterocycles. The van der Waals surface area contributed by atoms with Crippen molar-refractivity contribution in [3.05, 3.63) is 46.2 Å². The summed E-state index contributed by atoms with van der Waals surface area (Å²) in [7, 11) is 0.